The molecule has 0 atom stereocenters. The third-order valence-corrected chi connectivity index (χ3v) is 2.64. The second-order valence-electron chi connectivity index (χ2n) is 4.24. The van der Waals surface area contributed by atoms with Crippen LogP contribution in [0.2, 0.25) is 0 Å². The number of hydrogen-bond acceptors (Lipinski definition) is 6. The van der Waals surface area contributed by atoms with Gasteiger partial charge in [-0.2, -0.15) is 15.0 Å². The lowest BCUT2D eigenvalue weighted by atomic mass is 10.2. The van der Waals surface area contributed by atoms with Gasteiger partial charge < -0.3 is 16.8 Å². The number of aromatic nitrogens is 3. The maximum absolute atomic E-state index is 5.70. The standard InChI is InChI=1S/C13H18N6/c1-2-3-8-16-13-18-11(17-12(15)19-13)9-4-6-10(14)7-5-9/h4-7H,2-3,8,14H2,1H3,(H3,15,16,17,18,19). The summed E-state index contributed by atoms with van der Waals surface area (Å²) < 4.78 is 0. The third-order valence-electron chi connectivity index (χ3n) is 2.64. The van der Waals surface area contributed by atoms with Crippen LogP contribution in [0.5, 0.6) is 0 Å². The number of hydrogen-bond donors (Lipinski definition) is 3. The van der Waals surface area contributed by atoms with Crippen molar-refractivity contribution in [1.82, 2.24) is 15.0 Å². The number of unbranched alkanes of at least 4 members (excludes halogenated alkanes) is 1. The first-order valence-corrected chi connectivity index (χ1v) is 6.30. The molecule has 5 N–H and O–H groups in total. The fourth-order valence-electron chi connectivity index (χ4n) is 1.61. The van der Waals surface area contributed by atoms with Gasteiger partial charge in [0.1, 0.15) is 0 Å². The number of nitrogens with two attached hydrogens (primary N) is 2. The summed E-state index contributed by atoms with van der Waals surface area (Å²) in [5, 5.41) is 3.14. The van der Waals surface area contributed by atoms with Crippen LogP contribution in [-0.2, 0) is 0 Å². The molecule has 0 fully saturated rings. The Morgan fingerprint density at radius 2 is 1.79 bits per heavy atom. The number of nitrogen functional groups attached to an aromatic ring is 2. The van der Waals surface area contributed by atoms with Crippen LogP contribution in [0.1, 0.15) is 19.8 Å². The van der Waals surface area contributed by atoms with E-state index >= 15 is 0 Å². The van der Waals surface area contributed by atoms with Crippen molar-refractivity contribution in [2.45, 2.75) is 19.8 Å². The van der Waals surface area contributed by atoms with E-state index in [0.717, 1.165) is 24.9 Å². The lowest BCUT2D eigenvalue weighted by Crippen LogP contribution is -2.09. The molecule has 0 saturated carbocycles. The minimum absolute atomic E-state index is 0.209. The summed E-state index contributed by atoms with van der Waals surface area (Å²) in [5.41, 5.74) is 12.9. The molecule has 6 heteroatoms. The highest BCUT2D eigenvalue weighted by atomic mass is 15.2. The summed E-state index contributed by atoms with van der Waals surface area (Å²) in [6.07, 6.45) is 2.17. The highest BCUT2D eigenvalue weighted by Crippen LogP contribution is 2.18. The van der Waals surface area contributed by atoms with Gasteiger partial charge in [-0.1, -0.05) is 13.3 Å². The molecule has 0 aliphatic heterocycles. The van der Waals surface area contributed by atoms with E-state index in [0.29, 0.717) is 17.5 Å². The summed E-state index contributed by atoms with van der Waals surface area (Å²) >= 11 is 0. The van der Waals surface area contributed by atoms with Crippen molar-refractivity contribution in [2.24, 2.45) is 0 Å². The van der Waals surface area contributed by atoms with Gasteiger partial charge in [-0.25, -0.2) is 0 Å². The smallest absolute Gasteiger partial charge is 0.228 e. The van der Waals surface area contributed by atoms with Gasteiger partial charge in [0.15, 0.2) is 5.82 Å². The van der Waals surface area contributed by atoms with E-state index in [4.69, 9.17) is 11.5 Å². The summed E-state index contributed by atoms with van der Waals surface area (Å²) in [7, 11) is 0. The van der Waals surface area contributed by atoms with Crippen LogP contribution in [0, 0.1) is 0 Å². The molecule has 19 heavy (non-hydrogen) atoms. The van der Waals surface area contributed by atoms with Gasteiger partial charge in [0, 0.05) is 17.8 Å². The van der Waals surface area contributed by atoms with Crippen LogP contribution in [0.25, 0.3) is 11.4 Å². The maximum Gasteiger partial charge on any atom is 0.228 e. The minimum Gasteiger partial charge on any atom is -0.399 e. The summed E-state index contributed by atoms with van der Waals surface area (Å²) in [5.74, 6) is 1.26. The Morgan fingerprint density at radius 3 is 2.47 bits per heavy atom. The molecule has 6 nitrogen and oxygen atoms in total. The average Bonchev–Trinajstić information content (AvgIpc) is 2.39. The highest BCUT2D eigenvalue weighted by molar-refractivity contribution is 5.60. The molecular formula is C13H18N6. The van der Waals surface area contributed by atoms with Crippen molar-refractivity contribution >= 4 is 17.6 Å². The molecule has 0 unspecified atom stereocenters. The van der Waals surface area contributed by atoms with E-state index < -0.39 is 0 Å². The fourth-order valence-corrected chi connectivity index (χ4v) is 1.61. The Labute approximate surface area is 112 Å². The third kappa shape index (κ3) is 3.54. The molecule has 0 bridgehead atoms. The van der Waals surface area contributed by atoms with E-state index in [2.05, 4.69) is 27.2 Å². The van der Waals surface area contributed by atoms with Crippen LogP contribution in [0.4, 0.5) is 17.6 Å². The van der Waals surface area contributed by atoms with Gasteiger partial charge in [-0.05, 0) is 30.7 Å². The van der Waals surface area contributed by atoms with Gasteiger partial charge >= 0.3 is 0 Å². The van der Waals surface area contributed by atoms with E-state index in [1.165, 1.54) is 0 Å². The van der Waals surface area contributed by atoms with Crippen molar-refractivity contribution < 1.29 is 0 Å². The van der Waals surface area contributed by atoms with E-state index in [1.807, 2.05) is 12.1 Å². The Hall–Kier alpha value is -2.37. The lowest BCUT2D eigenvalue weighted by molar-refractivity contribution is 0.825. The zero-order valence-corrected chi connectivity index (χ0v) is 10.9. The maximum atomic E-state index is 5.70. The molecule has 0 aliphatic rings. The van der Waals surface area contributed by atoms with Gasteiger partial charge in [0.05, 0.1) is 0 Å². The van der Waals surface area contributed by atoms with E-state index in [1.54, 1.807) is 12.1 Å². The van der Waals surface area contributed by atoms with Crippen LogP contribution in [-0.4, -0.2) is 21.5 Å². The molecule has 1 aromatic carbocycles. The number of anilines is 3. The Morgan fingerprint density at radius 1 is 1.05 bits per heavy atom. The first-order valence-electron chi connectivity index (χ1n) is 6.30. The fraction of sp³-hybridized carbons (Fsp3) is 0.308. The molecule has 0 aliphatic carbocycles. The highest BCUT2D eigenvalue weighted by Gasteiger charge is 2.06. The van der Waals surface area contributed by atoms with Crippen LogP contribution < -0.4 is 16.8 Å². The predicted molar refractivity (Wildman–Crippen MR) is 77.5 cm³/mol. The summed E-state index contributed by atoms with van der Waals surface area (Å²) in [6.45, 7) is 2.95. The van der Waals surface area contributed by atoms with E-state index in [-0.39, 0.29) is 5.95 Å². The number of benzene rings is 1. The normalized spacial score (nSPS) is 10.4. The second kappa shape index (κ2) is 5.99. The number of rotatable bonds is 5. The van der Waals surface area contributed by atoms with Crippen molar-refractivity contribution in [3.8, 4) is 11.4 Å². The van der Waals surface area contributed by atoms with E-state index in [9.17, 15) is 0 Å². The average molecular weight is 258 g/mol. The van der Waals surface area contributed by atoms with Gasteiger partial charge in [0.2, 0.25) is 11.9 Å². The molecule has 1 aromatic heterocycles. The molecule has 1 heterocycles. The van der Waals surface area contributed by atoms with Gasteiger partial charge in [-0.3, -0.25) is 0 Å². The van der Waals surface area contributed by atoms with Crippen LogP contribution in [0.3, 0.4) is 0 Å². The topological polar surface area (TPSA) is 103 Å². The van der Waals surface area contributed by atoms with Crippen molar-refractivity contribution in [3.63, 3.8) is 0 Å². The quantitative estimate of drug-likeness (QED) is 0.559. The molecule has 0 amide bonds. The number of nitrogens with one attached hydrogen (secondary N) is 1. The Balaban J connectivity index is 2.23. The largest absolute Gasteiger partial charge is 0.399 e. The molecule has 2 aromatic rings. The molecule has 0 radical (unpaired) electrons. The Kier molecular flexibility index (Phi) is 4.12. The van der Waals surface area contributed by atoms with Crippen LogP contribution in [0.15, 0.2) is 24.3 Å². The zero-order valence-electron chi connectivity index (χ0n) is 10.9. The predicted octanol–water partition coefficient (Wildman–Crippen LogP) is 1.91. The van der Waals surface area contributed by atoms with Crippen molar-refractivity contribution in [2.75, 3.05) is 23.3 Å². The van der Waals surface area contributed by atoms with Gasteiger partial charge in [-0.15, -0.1) is 0 Å². The molecule has 100 valence electrons. The summed E-state index contributed by atoms with van der Waals surface area (Å²) in [6, 6.07) is 7.33. The summed E-state index contributed by atoms with van der Waals surface area (Å²) in [4.78, 5) is 12.6. The molecule has 0 saturated heterocycles. The Bertz CT molecular complexity index is 537. The van der Waals surface area contributed by atoms with Crippen molar-refractivity contribution in [1.29, 1.82) is 0 Å². The first kappa shape index (κ1) is 13.1. The second-order valence-corrected chi connectivity index (χ2v) is 4.24. The lowest BCUT2D eigenvalue weighted by Gasteiger charge is -2.07. The SMILES string of the molecule is CCCCNc1nc(N)nc(-c2ccc(N)cc2)n1. The first-order chi connectivity index (χ1) is 9.19. The van der Waals surface area contributed by atoms with Gasteiger partial charge in [0.25, 0.3) is 0 Å². The van der Waals surface area contributed by atoms with Crippen molar-refractivity contribution in [3.05, 3.63) is 24.3 Å². The molecular weight excluding hydrogens is 240 g/mol. The zero-order chi connectivity index (χ0) is 13.7. The number of nitrogens with zero attached hydrogens (tertiary/aromatic N) is 3. The monoisotopic (exact) mass is 258 g/mol. The molecule has 2 rings (SSSR count). The minimum atomic E-state index is 0.209. The van der Waals surface area contributed by atoms with Crippen LogP contribution >= 0.6 is 0 Å². The molecule has 0 spiro atoms.